The summed E-state index contributed by atoms with van der Waals surface area (Å²) in [5.41, 5.74) is 0. The second-order valence-corrected chi connectivity index (χ2v) is 6.63. The number of methoxy groups -OCH3 is 1. The molecule has 0 aliphatic rings. The fourth-order valence-electron chi connectivity index (χ4n) is 1.68. The lowest BCUT2D eigenvalue weighted by atomic mass is 10.4. The van der Waals surface area contributed by atoms with Gasteiger partial charge in [-0.1, -0.05) is 23.7 Å². The van der Waals surface area contributed by atoms with Crippen LogP contribution in [0.5, 0.6) is 6.01 Å². The van der Waals surface area contributed by atoms with Crippen molar-refractivity contribution in [2.45, 2.75) is 11.8 Å². The summed E-state index contributed by atoms with van der Waals surface area (Å²) in [6.45, 7) is 1.58. The molecule has 0 radical (unpaired) electrons. The summed E-state index contributed by atoms with van der Waals surface area (Å²) in [7, 11) is -1.47. The first-order valence-corrected chi connectivity index (χ1v) is 8.42. The van der Waals surface area contributed by atoms with E-state index in [-0.39, 0.29) is 21.9 Å². The van der Waals surface area contributed by atoms with Gasteiger partial charge in [0.05, 0.1) is 12.1 Å². The fourth-order valence-corrected chi connectivity index (χ4v) is 3.18. The number of amides is 2. The molecule has 1 aromatic carbocycles. The number of urea groups is 1. The summed E-state index contributed by atoms with van der Waals surface area (Å²) < 4.78 is 31.3. The highest BCUT2D eigenvalue weighted by Crippen LogP contribution is 2.20. The van der Waals surface area contributed by atoms with E-state index < -0.39 is 16.1 Å². The third-order valence-electron chi connectivity index (χ3n) is 2.85. The standard InChI is InChI=1S/C13H14ClN5O4S/c1-8-15-11(17-12(16-8)23-3)19(2)13(20)18-24(21,22)10-7-5-4-6-9(10)14/h4-7H,1-3H3,(H,18,20). The summed E-state index contributed by atoms with van der Waals surface area (Å²) in [5.74, 6) is 0.247. The van der Waals surface area contributed by atoms with E-state index >= 15 is 0 Å². The Kier molecular flexibility index (Phi) is 5.20. The SMILES string of the molecule is COc1nc(C)nc(N(C)C(=O)NS(=O)(=O)c2ccccc2Cl)n1. The molecule has 1 N–H and O–H groups in total. The predicted octanol–water partition coefficient (Wildman–Crippen LogP) is 1.38. The fraction of sp³-hybridized carbons (Fsp3) is 0.231. The lowest BCUT2D eigenvalue weighted by Gasteiger charge is -2.17. The molecule has 11 heteroatoms. The largest absolute Gasteiger partial charge is 0.467 e. The van der Waals surface area contributed by atoms with Crippen LogP contribution in [0, 0.1) is 6.92 Å². The van der Waals surface area contributed by atoms with Crippen molar-refractivity contribution in [3.05, 3.63) is 35.1 Å². The number of hydrogen-bond acceptors (Lipinski definition) is 7. The van der Waals surface area contributed by atoms with Gasteiger partial charge in [-0.15, -0.1) is 0 Å². The Labute approximate surface area is 143 Å². The maximum absolute atomic E-state index is 12.3. The van der Waals surface area contributed by atoms with Gasteiger partial charge in [0.25, 0.3) is 10.0 Å². The highest BCUT2D eigenvalue weighted by molar-refractivity contribution is 7.90. The summed E-state index contributed by atoms with van der Waals surface area (Å²) in [4.78, 5) is 24.7. The molecule has 0 fully saturated rings. The number of nitrogens with one attached hydrogen (secondary N) is 1. The van der Waals surface area contributed by atoms with Gasteiger partial charge in [0.2, 0.25) is 5.95 Å². The molecule has 128 valence electrons. The predicted molar refractivity (Wildman–Crippen MR) is 86.7 cm³/mol. The lowest BCUT2D eigenvalue weighted by Crippen LogP contribution is -2.41. The molecule has 0 saturated heterocycles. The van der Waals surface area contributed by atoms with Crippen molar-refractivity contribution in [1.29, 1.82) is 0 Å². The number of nitrogens with zero attached hydrogens (tertiary/aromatic N) is 4. The molecule has 0 aliphatic heterocycles. The Morgan fingerprint density at radius 2 is 1.92 bits per heavy atom. The summed E-state index contributed by atoms with van der Waals surface area (Å²) in [6, 6.07) is 4.82. The number of anilines is 1. The smallest absolute Gasteiger partial charge is 0.337 e. The van der Waals surface area contributed by atoms with Gasteiger partial charge in [-0.3, -0.25) is 4.90 Å². The van der Waals surface area contributed by atoms with Gasteiger partial charge in [0.1, 0.15) is 10.7 Å². The van der Waals surface area contributed by atoms with Crippen molar-refractivity contribution in [3.63, 3.8) is 0 Å². The maximum atomic E-state index is 12.3. The number of hydrogen-bond donors (Lipinski definition) is 1. The Balaban J connectivity index is 2.26. The van der Waals surface area contributed by atoms with E-state index in [9.17, 15) is 13.2 Å². The van der Waals surface area contributed by atoms with Gasteiger partial charge in [-0.05, 0) is 19.1 Å². The zero-order valence-electron chi connectivity index (χ0n) is 13.0. The molecule has 0 bridgehead atoms. The zero-order valence-corrected chi connectivity index (χ0v) is 14.6. The molecule has 0 spiro atoms. The number of sulfonamides is 1. The second-order valence-electron chi connectivity index (χ2n) is 4.57. The van der Waals surface area contributed by atoms with Gasteiger partial charge in [-0.2, -0.15) is 15.0 Å². The van der Waals surface area contributed by atoms with Gasteiger partial charge < -0.3 is 4.74 Å². The van der Waals surface area contributed by atoms with E-state index in [2.05, 4.69) is 15.0 Å². The summed E-state index contributed by atoms with van der Waals surface area (Å²) >= 11 is 5.86. The van der Waals surface area contributed by atoms with E-state index in [1.54, 1.807) is 13.0 Å². The van der Waals surface area contributed by atoms with Crippen molar-refractivity contribution in [3.8, 4) is 6.01 Å². The number of halogens is 1. The van der Waals surface area contributed by atoms with E-state index in [0.29, 0.717) is 5.82 Å². The van der Waals surface area contributed by atoms with E-state index in [0.717, 1.165) is 4.90 Å². The maximum Gasteiger partial charge on any atom is 0.337 e. The first kappa shape index (κ1) is 17.9. The molecule has 0 aliphatic carbocycles. The molecule has 1 heterocycles. The molecule has 0 atom stereocenters. The van der Waals surface area contributed by atoms with Gasteiger partial charge in [0, 0.05) is 7.05 Å². The average molecular weight is 372 g/mol. The van der Waals surface area contributed by atoms with Crippen LogP contribution in [0.15, 0.2) is 29.2 Å². The third kappa shape index (κ3) is 3.89. The molecule has 0 saturated carbocycles. The molecular weight excluding hydrogens is 358 g/mol. The Bertz CT molecular complexity index is 874. The van der Waals surface area contributed by atoms with Gasteiger partial charge in [0.15, 0.2) is 0 Å². The summed E-state index contributed by atoms with van der Waals surface area (Å²) in [5, 5.41) is -0.00173. The van der Waals surface area contributed by atoms with Crippen molar-refractivity contribution >= 4 is 33.6 Å². The molecule has 1 aromatic heterocycles. The number of ether oxygens (including phenoxy) is 1. The number of benzene rings is 1. The highest BCUT2D eigenvalue weighted by atomic mass is 35.5. The van der Waals surface area contributed by atoms with Crippen LogP contribution in [-0.2, 0) is 10.0 Å². The van der Waals surface area contributed by atoms with Crippen LogP contribution >= 0.6 is 11.6 Å². The molecule has 2 aromatic rings. The number of aromatic nitrogens is 3. The molecular formula is C13H14ClN5O4S. The molecule has 0 unspecified atom stereocenters. The minimum atomic E-state index is -4.14. The first-order chi connectivity index (χ1) is 11.2. The lowest BCUT2D eigenvalue weighted by molar-refractivity contribution is 0.251. The minimum absolute atomic E-state index is 0.00173. The number of aryl methyl sites for hydroxylation is 1. The topological polar surface area (TPSA) is 114 Å². The van der Waals surface area contributed by atoms with Gasteiger partial charge >= 0.3 is 12.0 Å². The van der Waals surface area contributed by atoms with Crippen LogP contribution in [0.2, 0.25) is 5.02 Å². The van der Waals surface area contributed by atoms with Crippen molar-refractivity contribution in [2.24, 2.45) is 0 Å². The van der Waals surface area contributed by atoms with Gasteiger partial charge in [-0.25, -0.2) is 17.9 Å². The molecule has 24 heavy (non-hydrogen) atoms. The minimum Gasteiger partial charge on any atom is -0.467 e. The molecule has 9 nitrogen and oxygen atoms in total. The van der Waals surface area contributed by atoms with Crippen LogP contribution < -0.4 is 14.4 Å². The number of carbonyl (C=O) groups excluding carboxylic acids is 1. The zero-order chi connectivity index (χ0) is 17.9. The third-order valence-corrected chi connectivity index (χ3v) is 4.67. The number of carbonyl (C=O) groups is 1. The van der Waals surface area contributed by atoms with Crippen LogP contribution in [0.3, 0.4) is 0 Å². The van der Waals surface area contributed by atoms with E-state index in [1.807, 2.05) is 4.72 Å². The normalized spacial score (nSPS) is 11.0. The van der Waals surface area contributed by atoms with Crippen LogP contribution in [-0.4, -0.2) is 43.6 Å². The average Bonchev–Trinajstić information content (AvgIpc) is 2.53. The number of rotatable bonds is 4. The molecule has 2 amide bonds. The Morgan fingerprint density at radius 3 is 2.54 bits per heavy atom. The van der Waals surface area contributed by atoms with E-state index in [4.69, 9.17) is 16.3 Å². The van der Waals surface area contributed by atoms with Crippen LogP contribution in [0.1, 0.15) is 5.82 Å². The van der Waals surface area contributed by atoms with Crippen LogP contribution in [0.4, 0.5) is 10.7 Å². The van der Waals surface area contributed by atoms with Crippen molar-refractivity contribution in [2.75, 3.05) is 19.1 Å². The quantitative estimate of drug-likeness (QED) is 0.863. The Hall–Kier alpha value is -2.46. The monoisotopic (exact) mass is 371 g/mol. The second kappa shape index (κ2) is 6.97. The first-order valence-electron chi connectivity index (χ1n) is 6.56. The Morgan fingerprint density at radius 1 is 1.25 bits per heavy atom. The van der Waals surface area contributed by atoms with Crippen LogP contribution in [0.25, 0.3) is 0 Å². The summed E-state index contributed by atoms with van der Waals surface area (Å²) in [6.07, 6.45) is 0. The highest BCUT2D eigenvalue weighted by Gasteiger charge is 2.24. The van der Waals surface area contributed by atoms with E-state index in [1.165, 1.54) is 32.4 Å². The van der Waals surface area contributed by atoms with Crippen molar-refractivity contribution < 1.29 is 17.9 Å². The molecule has 2 rings (SSSR count). The van der Waals surface area contributed by atoms with Crippen molar-refractivity contribution in [1.82, 2.24) is 19.7 Å².